The molecule has 1 aromatic carbocycles. The van der Waals surface area contributed by atoms with Crippen LogP contribution in [-0.2, 0) is 0 Å². The molecule has 3 rings (SSSR count). The van der Waals surface area contributed by atoms with Crippen LogP contribution in [0, 0.1) is 0 Å². The Morgan fingerprint density at radius 3 is 2.13 bits per heavy atom. The molecule has 0 bridgehead atoms. The summed E-state index contributed by atoms with van der Waals surface area (Å²) in [6.07, 6.45) is 3.35. The van der Waals surface area contributed by atoms with Crippen LogP contribution in [0.1, 0.15) is 20.7 Å². The van der Waals surface area contributed by atoms with E-state index in [2.05, 4.69) is 9.97 Å². The highest BCUT2D eigenvalue weighted by Gasteiger charge is 2.24. The average Bonchev–Trinajstić information content (AvgIpc) is 2.62. The van der Waals surface area contributed by atoms with E-state index >= 15 is 0 Å². The summed E-state index contributed by atoms with van der Waals surface area (Å²) in [6.45, 7) is 2.17. The number of rotatable bonds is 3. The largest absolute Gasteiger partial charge is 0.545 e. The molecule has 1 saturated heterocycles. The van der Waals surface area contributed by atoms with Crippen molar-refractivity contribution in [3.8, 4) is 0 Å². The maximum atomic E-state index is 12.6. The highest BCUT2D eigenvalue weighted by atomic mass is 16.4. The third-order valence-electron chi connectivity index (χ3n) is 3.78. The zero-order valence-corrected chi connectivity index (χ0v) is 12.4. The molecule has 118 valence electrons. The summed E-state index contributed by atoms with van der Waals surface area (Å²) in [5.41, 5.74) is 0.0863. The molecule has 1 aromatic heterocycles. The number of piperazine rings is 1. The van der Waals surface area contributed by atoms with E-state index in [1.165, 1.54) is 12.1 Å². The van der Waals surface area contributed by atoms with Gasteiger partial charge >= 0.3 is 0 Å². The standard InChI is InChI=1S/C16H16N4O3/c21-14(12-4-1-2-5-13(12)15(22)23)19-8-10-20(11-9-19)16-17-6-3-7-18-16/h1-7H,8-11H2,(H,22,23)/p-1. The quantitative estimate of drug-likeness (QED) is 0.780. The van der Waals surface area contributed by atoms with Crippen LogP contribution in [0.5, 0.6) is 0 Å². The van der Waals surface area contributed by atoms with Gasteiger partial charge in [0.15, 0.2) is 0 Å². The molecule has 1 amide bonds. The minimum Gasteiger partial charge on any atom is -0.545 e. The van der Waals surface area contributed by atoms with Gasteiger partial charge in [-0.1, -0.05) is 18.2 Å². The lowest BCUT2D eigenvalue weighted by Crippen LogP contribution is -2.49. The minimum atomic E-state index is -1.34. The third kappa shape index (κ3) is 3.13. The van der Waals surface area contributed by atoms with Crippen LogP contribution in [0.2, 0.25) is 0 Å². The molecule has 0 spiro atoms. The van der Waals surface area contributed by atoms with Gasteiger partial charge in [0, 0.05) is 49.7 Å². The summed E-state index contributed by atoms with van der Waals surface area (Å²) in [5.74, 6) is -1.00. The lowest BCUT2D eigenvalue weighted by molar-refractivity contribution is -0.255. The Labute approximate surface area is 133 Å². The molecule has 7 nitrogen and oxygen atoms in total. The Bertz CT molecular complexity index is 712. The Morgan fingerprint density at radius 1 is 0.913 bits per heavy atom. The van der Waals surface area contributed by atoms with Gasteiger partial charge in [-0.25, -0.2) is 9.97 Å². The predicted octanol–water partition coefficient (Wildman–Crippen LogP) is -0.198. The van der Waals surface area contributed by atoms with Gasteiger partial charge in [-0.05, 0) is 12.1 Å². The molecule has 1 fully saturated rings. The number of hydrogen-bond acceptors (Lipinski definition) is 6. The number of hydrogen-bond donors (Lipinski definition) is 0. The van der Waals surface area contributed by atoms with Gasteiger partial charge in [-0.15, -0.1) is 0 Å². The fourth-order valence-electron chi connectivity index (χ4n) is 2.58. The van der Waals surface area contributed by atoms with E-state index in [0.29, 0.717) is 32.1 Å². The molecule has 7 heteroatoms. The minimum absolute atomic E-state index is 0.0775. The van der Waals surface area contributed by atoms with Gasteiger partial charge in [-0.2, -0.15) is 0 Å². The summed E-state index contributed by atoms with van der Waals surface area (Å²) in [6, 6.07) is 7.87. The number of nitrogens with zero attached hydrogens (tertiary/aromatic N) is 4. The summed E-state index contributed by atoms with van der Waals surface area (Å²) in [7, 11) is 0. The monoisotopic (exact) mass is 311 g/mol. The van der Waals surface area contributed by atoms with Crippen LogP contribution in [0.4, 0.5) is 5.95 Å². The van der Waals surface area contributed by atoms with Crippen LogP contribution in [0.15, 0.2) is 42.7 Å². The number of benzene rings is 1. The van der Waals surface area contributed by atoms with Gasteiger partial charge < -0.3 is 19.7 Å². The molecular weight excluding hydrogens is 296 g/mol. The summed E-state index contributed by atoms with van der Waals surface area (Å²) in [4.78, 5) is 35.7. The first-order valence-electron chi connectivity index (χ1n) is 7.28. The molecule has 23 heavy (non-hydrogen) atoms. The predicted molar refractivity (Wildman–Crippen MR) is 80.9 cm³/mol. The second-order valence-corrected chi connectivity index (χ2v) is 5.16. The molecule has 0 aliphatic carbocycles. The molecule has 0 saturated carbocycles. The lowest BCUT2D eigenvalue weighted by Gasteiger charge is -2.35. The Hall–Kier alpha value is -2.96. The number of carbonyl (C=O) groups is 2. The van der Waals surface area contributed by atoms with Crippen LogP contribution >= 0.6 is 0 Å². The van der Waals surface area contributed by atoms with E-state index in [1.54, 1.807) is 35.5 Å². The first kappa shape index (κ1) is 15.0. The molecule has 1 aliphatic heterocycles. The smallest absolute Gasteiger partial charge is 0.254 e. The van der Waals surface area contributed by atoms with Crippen molar-refractivity contribution in [2.75, 3.05) is 31.1 Å². The van der Waals surface area contributed by atoms with E-state index in [9.17, 15) is 14.7 Å². The van der Waals surface area contributed by atoms with Crippen LogP contribution in [0.25, 0.3) is 0 Å². The van der Waals surface area contributed by atoms with Crippen molar-refractivity contribution in [1.29, 1.82) is 0 Å². The number of aromatic nitrogens is 2. The summed E-state index contributed by atoms with van der Waals surface area (Å²) in [5, 5.41) is 11.1. The second-order valence-electron chi connectivity index (χ2n) is 5.16. The van der Waals surface area contributed by atoms with E-state index in [4.69, 9.17) is 0 Å². The van der Waals surface area contributed by atoms with Gasteiger partial charge in [-0.3, -0.25) is 4.79 Å². The fourth-order valence-corrected chi connectivity index (χ4v) is 2.58. The molecule has 0 N–H and O–H groups in total. The number of amides is 1. The molecule has 0 radical (unpaired) electrons. The maximum absolute atomic E-state index is 12.6. The number of carbonyl (C=O) groups excluding carboxylic acids is 2. The summed E-state index contributed by atoms with van der Waals surface area (Å²) >= 11 is 0. The van der Waals surface area contributed by atoms with E-state index in [1.807, 2.05) is 4.90 Å². The summed E-state index contributed by atoms with van der Waals surface area (Å²) < 4.78 is 0. The number of aromatic carboxylic acids is 1. The second kappa shape index (κ2) is 6.43. The van der Waals surface area contributed by atoms with E-state index in [-0.39, 0.29) is 17.0 Å². The van der Waals surface area contributed by atoms with Crippen LogP contribution in [0.3, 0.4) is 0 Å². The van der Waals surface area contributed by atoms with Crippen LogP contribution < -0.4 is 10.0 Å². The molecule has 0 unspecified atom stereocenters. The first-order chi connectivity index (χ1) is 11.2. The fraction of sp³-hybridized carbons (Fsp3) is 0.250. The van der Waals surface area contributed by atoms with Crippen molar-refractivity contribution in [3.05, 3.63) is 53.9 Å². The third-order valence-corrected chi connectivity index (χ3v) is 3.78. The Morgan fingerprint density at radius 2 is 1.52 bits per heavy atom. The van der Waals surface area contributed by atoms with Crippen molar-refractivity contribution in [2.45, 2.75) is 0 Å². The Kier molecular flexibility index (Phi) is 4.18. The van der Waals surface area contributed by atoms with Gasteiger partial charge in [0.2, 0.25) is 5.95 Å². The van der Waals surface area contributed by atoms with Crippen LogP contribution in [-0.4, -0.2) is 52.9 Å². The molecular formula is C16H15N4O3-. The van der Waals surface area contributed by atoms with Crippen molar-refractivity contribution in [1.82, 2.24) is 14.9 Å². The van der Waals surface area contributed by atoms with Gasteiger partial charge in [0.05, 0.1) is 5.97 Å². The molecule has 0 atom stereocenters. The number of carboxylic acids is 1. The molecule has 2 aromatic rings. The van der Waals surface area contributed by atoms with Crippen molar-refractivity contribution in [2.24, 2.45) is 0 Å². The number of anilines is 1. The topological polar surface area (TPSA) is 89.5 Å². The van der Waals surface area contributed by atoms with E-state index < -0.39 is 5.97 Å². The van der Waals surface area contributed by atoms with Gasteiger partial charge in [0.1, 0.15) is 0 Å². The van der Waals surface area contributed by atoms with E-state index in [0.717, 1.165) is 0 Å². The maximum Gasteiger partial charge on any atom is 0.254 e. The van der Waals surface area contributed by atoms with Crippen molar-refractivity contribution >= 4 is 17.8 Å². The van der Waals surface area contributed by atoms with Crippen molar-refractivity contribution in [3.63, 3.8) is 0 Å². The first-order valence-corrected chi connectivity index (χ1v) is 7.28. The number of carboxylic acid groups (broad SMARTS) is 1. The highest BCUT2D eigenvalue weighted by Crippen LogP contribution is 2.15. The van der Waals surface area contributed by atoms with Crippen molar-refractivity contribution < 1.29 is 14.7 Å². The zero-order valence-electron chi connectivity index (χ0n) is 12.4. The average molecular weight is 311 g/mol. The normalized spacial score (nSPS) is 14.6. The zero-order chi connectivity index (χ0) is 16.2. The molecule has 2 heterocycles. The SMILES string of the molecule is O=C([O-])c1ccccc1C(=O)N1CCN(c2ncccn2)CC1. The lowest BCUT2D eigenvalue weighted by atomic mass is 10.1. The van der Waals surface area contributed by atoms with Gasteiger partial charge in [0.25, 0.3) is 5.91 Å². The molecule has 1 aliphatic rings. The highest BCUT2D eigenvalue weighted by molar-refractivity contribution is 6.04. The Balaban J connectivity index is 1.71.